The highest BCUT2D eigenvalue weighted by Gasteiger charge is 2.23. The van der Waals surface area contributed by atoms with Crippen molar-refractivity contribution in [1.82, 2.24) is 5.32 Å². The van der Waals surface area contributed by atoms with Crippen molar-refractivity contribution in [2.75, 3.05) is 11.0 Å². The molecule has 2 N–H and O–H groups in total. The summed E-state index contributed by atoms with van der Waals surface area (Å²) < 4.78 is 27.3. The van der Waals surface area contributed by atoms with Crippen molar-refractivity contribution in [2.45, 2.75) is 28.7 Å². The zero-order chi connectivity index (χ0) is 17.2. The van der Waals surface area contributed by atoms with E-state index in [2.05, 4.69) is 10.0 Å². The van der Waals surface area contributed by atoms with Crippen LogP contribution in [0.15, 0.2) is 58.3 Å². The number of hydrogen-bond acceptors (Lipinski definition) is 4. The van der Waals surface area contributed by atoms with Gasteiger partial charge in [-0.05, 0) is 67.6 Å². The number of anilines is 1. The van der Waals surface area contributed by atoms with Crippen LogP contribution in [0.4, 0.5) is 5.69 Å². The Labute approximate surface area is 145 Å². The number of nitrogens with one attached hydrogen (secondary N) is 2. The SMILES string of the molecule is CSc1ccc(S(=O)(=O)Nc2ccc(C(=O)NC3CC3)cc2)cc1. The lowest BCUT2D eigenvalue weighted by molar-refractivity contribution is 0.0951. The van der Waals surface area contributed by atoms with Gasteiger partial charge < -0.3 is 5.32 Å². The standard InChI is InChI=1S/C17H18N2O3S2/c1-23-15-8-10-16(11-9-15)24(21,22)19-14-4-2-12(3-5-14)17(20)18-13-6-7-13/h2-5,8-11,13,19H,6-7H2,1H3,(H,18,20). The molecule has 0 spiro atoms. The Hall–Kier alpha value is -1.99. The largest absolute Gasteiger partial charge is 0.349 e. The van der Waals surface area contributed by atoms with E-state index in [0.717, 1.165) is 17.7 Å². The molecular formula is C17H18N2O3S2. The molecule has 0 unspecified atom stereocenters. The molecular weight excluding hydrogens is 344 g/mol. The summed E-state index contributed by atoms with van der Waals surface area (Å²) in [6, 6.07) is 13.4. The zero-order valence-corrected chi connectivity index (χ0v) is 14.8. The number of carbonyl (C=O) groups is 1. The number of benzene rings is 2. The molecule has 1 fully saturated rings. The molecule has 3 rings (SSSR count). The van der Waals surface area contributed by atoms with Crippen LogP contribution in [0.25, 0.3) is 0 Å². The van der Waals surface area contributed by atoms with Gasteiger partial charge in [0.1, 0.15) is 0 Å². The molecule has 126 valence electrons. The van der Waals surface area contributed by atoms with Crippen molar-refractivity contribution in [3.05, 3.63) is 54.1 Å². The normalized spacial score (nSPS) is 14.2. The first-order valence-electron chi connectivity index (χ1n) is 7.56. The van der Waals surface area contributed by atoms with E-state index in [1.165, 1.54) is 0 Å². The first kappa shape index (κ1) is 16.9. The highest BCUT2D eigenvalue weighted by Crippen LogP contribution is 2.21. The van der Waals surface area contributed by atoms with Crippen LogP contribution in [0.1, 0.15) is 23.2 Å². The third kappa shape index (κ3) is 4.10. The number of sulfonamides is 1. The van der Waals surface area contributed by atoms with Crippen LogP contribution in [0.5, 0.6) is 0 Å². The Morgan fingerprint density at radius 1 is 1.04 bits per heavy atom. The molecule has 2 aromatic carbocycles. The summed E-state index contributed by atoms with van der Waals surface area (Å²) in [6.07, 6.45) is 3.99. The van der Waals surface area contributed by atoms with Crippen molar-refractivity contribution in [3.8, 4) is 0 Å². The second-order valence-electron chi connectivity index (χ2n) is 5.61. The molecule has 1 aliphatic carbocycles. The minimum Gasteiger partial charge on any atom is -0.349 e. The maximum absolute atomic E-state index is 12.4. The molecule has 0 bridgehead atoms. The number of hydrogen-bond donors (Lipinski definition) is 2. The molecule has 1 aliphatic rings. The van der Waals surface area contributed by atoms with Crippen LogP contribution < -0.4 is 10.0 Å². The second-order valence-corrected chi connectivity index (χ2v) is 8.17. The summed E-state index contributed by atoms with van der Waals surface area (Å²) in [5, 5.41) is 2.89. The van der Waals surface area contributed by atoms with E-state index in [0.29, 0.717) is 17.3 Å². The Morgan fingerprint density at radius 3 is 2.21 bits per heavy atom. The minimum absolute atomic E-state index is 0.125. The Kier molecular flexibility index (Phi) is 4.82. The van der Waals surface area contributed by atoms with Gasteiger partial charge in [-0.1, -0.05) is 0 Å². The van der Waals surface area contributed by atoms with Gasteiger partial charge in [-0.3, -0.25) is 9.52 Å². The monoisotopic (exact) mass is 362 g/mol. The number of thioether (sulfide) groups is 1. The van der Waals surface area contributed by atoms with Gasteiger partial charge in [0.05, 0.1) is 4.90 Å². The molecule has 0 heterocycles. The van der Waals surface area contributed by atoms with Gasteiger partial charge in [-0.2, -0.15) is 0 Å². The van der Waals surface area contributed by atoms with Crippen molar-refractivity contribution in [2.24, 2.45) is 0 Å². The first-order valence-corrected chi connectivity index (χ1v) is 10.3. The Bertz CT molecular complexity index is 827. The van der Waals surface area contributed by atoms with Crippen LogP contribution >= 0.6 is 11.8 Å². The van der Waals surface area contributed by atoms with E-state index >= 15 is 0 Å². The second kappa shape index (κ2) is 6.86. The number of rotatable bonds is 6. The van der Waals surface area contributed by atoms with Crippen molar-refractivity contribution in [3.63, 3.8) is 0 Å². The van der Waals surface area contributed by atoms with Gasteiger partial charge in [-0.15, -0.1) is 11.8 Å². The molecule has 0 radical (unpaired) electrons. The molecule has 5 nitrogen and oxygen atoms in total. The van der Waals surface area contributed by atoms with Gasteiger partial charge in [0.25, 0.3) is 15.9 Å². The smallest absolute Gasteiger partial charge is 0.261 e. The zero-order valence-electron chi connectivity index (χ0n) is 13.2. The summed E-state index contributed by atoms with van der Waals surface area (Å²) in [4.78, 5) is 13.1. The van der Waals surface area contributed by atoms with Crippen LogP contribution in [-0.2, 0) is 10.0 Å². The first-order chi connectivity index (χ1) is 11.5. The van der Waals surface area contributed by atoms with Crippen LogP contribution in [0.2, 0.25) is 0 Å². The van der Waals surface area contributed by atoms with Gasteiger partial charge in [0, 0.05) is 22.2 Å². The third-order valence-electron chi connectivity index (χ3n) is 3.68. The number of carbonyl (C=O) groups excluding carboxylic acids is 1. The quantitative estimate of drug-likeness (QED) is 0.774. The Morgan fingerprint density at radius 2 is 1.67 bits per heavy atom. The van der Waals surface area contributed by atoms with E-state index in [-0.39, 0.29) is 10.8 Å². The molecule has 1 amide bonds. The van der Waals surface area contributed by atoms with Gasteiger partial charge >= 0.3 is 0 Å². The van der Waals surface area contributed by atoms with E-state index in [4.69, 9.17) is 0 Å². The fourth-order valence-corrected chi connectivity index (χ4v) is 3.62. The molecule has 2 aromatic rings. The molecule has 0 atom stereocenters. The summed E-state index contributed by atoms with van der Waals surface area (Å²) in [6.45, 7) is 0. The van der Waals surface area contributed by atoms with E-state index in [1.807, 2.05) is 6.26 Å². The predicted octanol–water partition coefficient (Wildman–Crippen LogP) is 3.10. The summed E-state index contributed by atoms with van der Waals surface area (Å²) in [7, 11) is -3.64. The lowest BCUT2D eigenvalue weighted by Crippen LogP contribution is -2.25. The average Bonchev–Trinajstić information content (AvgIpc) is 3.39. The fourth-order valence-electron chi connectivity index (χ4n) is 2.15. The topological polar surface area (TPSA) is 75.3 Å². The van der Waals surface area contributed by atoms with Gasteiger partial charge in [0.2, 0.25) is 0 Å². The molecule has 0 saturated heterocycles. The lowest BCUT2D eigenvalue weighted by atomic mass is 10.2. The van der Waals surface area contributed by atoms with E-state index in [9.17, 15) is 13.2 Å². The maximum Gasteiger partial charge on any atom is 0.261 e. The molecule has 0 aliphatic heterocycles. The highest BCUT2D eigenvalue weighted by atomic mass is 32.2. The third-order valence-corrected chi connectivity index (χ3v) is 5.82. The number of amides is 1. The summed E-state index contributed by atoms with van der Waals surface area (Å²) >= 11 is 1.55. The summed E-state index contributed by atoms with van der Waals surface area (Å²) in [5.74, 6) is -0.125. The van der Waals surface area contributed by atoms with Crippen molar-refractivity contribution < 1.29 is 13.2 Å². The summed E-state index contributed by atoms with van der Waals surface area (Å²) in [5.41, 5.74) is 0.945. The van der Waals surface area contributed by atoms with Crippen molar-refractivity contribution in [1.29, 1.82) is 0 Å². The average molecular weight is 362 g/mol. The van der Waals surface area contributed by atoms with Crippen LogP contribution in [-0.4, -0.2) is 26.6 Å². The fraction of sp³-hybridized carbons (Fsp3) is 0.235. The van der Waals surface area contributed by atoms with Crippen LogP contribution in [0.3, 0.4) is 0 Å². The highest BCUT2D eigenvalue weighted by molar-refractivity contribution is 7.98. The molecule has 1 saturated carbocycles. The molecule has 7 heteroatoms. The Balaban J connectivity index is 1.70. The van der Waals surface area contributed by atoms with E-state index in [1.54, 1.807) is 60.3 Å². The van der Waals surface area contributed by atoms with Crippen LogP contribution in [0, 0.1) is 0 Å². The van der Waals surface area contributed by atoms with E-state index < -0.39 is 10.0 Å². The molecule has 0 aromatic heterocycles. The van der Waals surface area contributed by atoms with Gasteiger partial charge in [-0.25, -0.2) is 8.42 Å². The van der Waals surface area contributed by atoms with Gasteiger partial charge in [0.15, 0.2) is 0 Å². The predicted molar refractivity (Wildman–Crippen MR) is 96.0 cm³/mol. The lowest BCUT2D eigenvalue weighted by Gasteiger charge is -2.09. The molecule has 24 heavy (non-hydrogen) atoms. The van der Waals surface area contributed by atoms with Crippen molar-refractivity contribution >= 4 is 33.4 Å². The maximum atomic E-state index is 12.4. The minimum atomic E-state index is -3.64.